The summed E-state index contributed by atoms with van der Waals surface area (Å²) in [5, 5.41) is 1.19. The van der Waals surface area contributed by atoms with Gasteiger partial charge in [0.1, 0.15) is 11.5 Å². The lowest BCUT2D eigenvalue weighted by Gasteiger charge is -2.10. The molecule has 2 aromatic carbocycles. The van der Waals surface area contributed by atoms with Crippen LogP contribution in [0.4, 0.5) is 0 Å². The van der Waals surface area contributed by atoms with E-state index in [0.717, 1.165) is 18.0 Å². The lowest BCUT2D eigenvalue weighted by Crippen LogP contribution is -2.00. The van der Waals surface area contributed by atoms with Gasteiger partial charge in [0, 0.05) is 22.7 Å². The SMILES string of the molecule is CCOc1ccc2c(ccn2Cc2ccccc2OC)c1. The van der Waals surface area contributed by atoms with Gasteiger partial charge in [-0.25, -0.2) is 0 Å². The Bertz CT molecular complexity index is 746. The number of benzene rings is 2. The molecule has 3 rings (SSSR count). The fraction of sp³-hybridized carbons (Fsp3) is 0.222. The number of aromatic nitrogens is 1. The third-order valence-corrected chi connectivity index (χ3v) is 3.59. The number of rotatable bonds is 5. The second-order valence-electron chi connectivity index (χ2n) is 4.91. The first-order chi connectivity index (χ1) is 10.3. The van der Waals surface area contributed by atoms with E-state index in [9.17, 15) is 0 Å². The van der Waals surface area contributed by atoms with Gasteiger partial charge in [0.2, 0.25) is 0 Å². The number of fused-ring (bicyclic) bond motifs is 1. The van der Waals surface area contributed by atoms with Crippen LogP contribution in [0, 0.1) is 0 Å². The van der Waals surface area contributed by atoms with E-state index in [1.54, 1.807) is 7.11 Å². The molecule has 1 aromatic heterocycles. The first-order valence-electron chi connectivity index (χ1n) is 7.15. The van der Waals surface area contributed by atoms with Gasteiger partial charge >= 0.3 is 0 Å². The number of para-hydroxylation sites is 1. The minimum Gasteiger partial charge on any atom is -0.496 e. The normalized spacial score (nSPS) is 10.8. The minimum atomic E-state index is 0.688. The standard InChI is InChI=1S/C18H19NO2/c1-3-21-16-8-9-17-14(12-16)10-11-19(17)13-15-6-4-5-7-18(15)20-2/h4-12H,3,13H2,1-2H3. The van der Waals surface area contributed by atoms with Gasteiger partial charge in [-0.15, -0.1) is 0 Å². The van der Waals surface area contributed by atoms with Gasteiger partial charge < -0.3 is 14.0 Å². The van der Waals surface area contributed by atoms with Gasteiger partial charge in [0.25, 0.3) is 0 Å². The molecule has 3 aromatic rings. The molecule has 0 saturated heterocycles. The van der Waals surface area contributed by atoms with Crippen molar-refractivity contribution in [3.8, 4) is 11.5 Å². The van der Waals surface area contributed by atoms with E-state index >= 15 is 0 Å². The van der Waals surface area contributed by atoms with E-state index in [4.69, 9.17) is 9.47 Å². The topological polar surface area (TPSA) is 23.4 Å². The number of nitrogens with zero attached hydrogens (tertiary/aromatic N) is 1. The highest BCUT2D eigenvalue weighted by Gasteiger charge is 2.06. The van der Waals surface area contributed by atoms with E-state index in [1.165, 1.54) is 16.5 Å². The van der Waals surface area contributed by atoms with Crippen molar-refractivity contribution in [2.45, 2.75) is 13.5 Å². The lowest BCUT2D eigenvalue weighted by molar-refractivity contribution is 0.340. The van der Waals surface area contributed by atoms with Crippen molar-refractivity contribution in [3.63, 3.8) is 0 Å². The summed E-state index contributed by atoms with van der Waals surface area (Å²) in [5.41, 5.74) is 2.37. The molecule has 0 aliphatic rings. The molecule has 0 fully saturated rings. The molecule has 0 atom stereocenters. The predicted octanol–water partition coefficient (Wildman–Crippen LogP) is 4.10. The Morgan fingerprint density at radius 1 is 1.05 bits per heavy atom. The highest BCUT2D eigenvalue weighted by molar-refractivity contribution is 5.81. The summed E-state index contributed by atoms with van der Waals surface area (Å²) in [4.78, 5) is 0. The van der Waals surface area contributed by atoms with E-state index in [1.807, 2.05) is 31.2 Å². The first kappa shape index (κ1) is 13.6. The summed E-state index contributed by atoms with van der Waals surface area (Å²) in [6, 6.07) is 16.4. The summed E-state index contributed by atoms with van der Waals surface area (Å²) in [7, 11) is 1.71. The number of ether oxygens (including phenoxy) is 2. The van der Waals surface area contributed by atoms with Crippen molar-refractivity contribution in [3.05, 3.63) is 60.3 Å². The second-order valence-corrected chi connectivity index (χ2v) is 4.91. The minimum absolute atomic E-state index is 0.688. The van der Waals surface area contributed by atoms with Crippen LogP contribution in [-0.4, -0.2) is 18.3 Å². The number of hydrogen-bond donors (Lipinski definition) is 0. The zero-order valence-electron chi connectivity index (χ0n) is 12.4. The molecule has 3 nitrogen and oxygen atoms in total. The molecule has 3 heteroatoms. The summed E-state index contributed by atoms with van der Waals surface area (Å²) >= 11 is 0. The Kier molecular flexibility index (Phi) is 3.82. The Morgan fingerprint density at radius 3 is 2.71 bits per heavy atom. The molecule has 0 spiro atoms. The highest BCUT2D eigenvalue weighted by atomic mass is 16.5. The third-order valence-electron chi connectivity index (χ3n) is 3.59. The van der Waals surface area contributed by atoms with Crippen LogP contribution in [0.5, 0.6) is 11.5 Å². The fourth-order valence-electron chi connectivity index (χ4n) is 2.59. The van der Waals surface area contributed by atoms with Gasteiger partial charge in [-0.05, 0) is 37.3 Å². The molecule has 1 heterocycles. The molecule has 0 aliphatic heterocycles. The average Bonchev–Trinajstić information content (AvgIpc) is 2.91. The molecular formula is C18H19NO2. The van der Waals surface area contributed by atoms with Gasteiger partial charge in [-0.1, -0.05) is 18.2 Å². The maximum Gasteiger partial charge on any atom is 0.123 e. The van der Waals surface area contributed by atoms with Crippen molar-refractivity contribution in [2.24, 2.45) is 0 Å². The molecular weight excluding hydrogens is 262 g/mol. The molecule has 0 radical (unpaired) electrons. The van der Waals surface area contributed by atoms with E-state index in [0.29, 0.717) is 6.61 Å². The largest absolute Gasteiger partial charge is 0.496 e. The number of hydrogen-bond acceptors (Lipinski definition) is 2. The summed E-state index contributed by atoms with van der Waals surface area (Å²) < 4.78 is 13.2. The molecule has 108 valence electrons. The molecule has 0 unspecified atom stereocenters. The summed E-state index contributed by atoms with van der Waals surface area (Å²) in [6.07, 6.45) is 2.10. The Morgan fingerprint density at radius 2 is 1.90 bits per heavy atom. The van der Waals surface area contributed by atoms with Crippen molar-refractivity contribution in [2.75, 3.05) is 13.7 Å². The van der Waals surface area contributed by atoms with Crippen LogP contribution in [0.2, 0.25) is 0 Å². The zero-order chi connectivity index (χ0) is 14.7. The lowest BCUT2D eigenvalue weighted by atomic mass is 10.2. The first-order valence-corrected chi connectivity index (χ1v) is 7.15. The molecule has 0 aliphatic carbocycles. The van der Waals surface area contributed by atoms with Crippen molar-refractivity contribution < 1.29 is 9.47 Å². The Hall–Kier alpha value is -2.42. The Labute approximate surface area is 124 Å². The van der Waals surface area contributed by atoms with E-state index < -0.39 is 0 Å². The van der Waals surface area contributed by atoms with Crippen LogP contribution >= 0.6 is 0 Å². The van der Waals surface area contributed by atoms with E-state index in [-0.39, 0.29) is 0 Å². The van der Waals surface area contributed by atoms with Crippen LogP contribution in [0.1, 0.15) is 12.5 Å². The summed E-state index contributed by atoms with van der Waals surface area (Å²) in [5.74, 6) is 1.84. The highest BCUT2D eigenvalue weighted by Crippen LogP contribution is 2.25. The number of methoxy groups -OCH3 is 1. The molecule has 21 heavy (non-hydrogen) atoms. The van der Waals surface area contributed by atoms with Gasteiger partial charge in [0.05, 0.1) is 20.3 Å². The quantitative estimate of drug-likeness (QED) is 0.703. The Balaban J connectivity index is 1.94. The van der Waals surface area contributed by atoms with E-state index in [2.05, 4.69) is 35.0 Å². The van der Waals surface area contributed by atoms with Crippen molar-refractivity contribution in [1.82, 2.24) is 4.57 Å². The van der Waals surface area contributed by atoms with Crippen LogP contribution in [0.15, 0.2) is 54.7 Å². The zero-order valence-corrected chi connectivity index (χ0v) is 12.4. The molecule has 0 saturated carbocycles. The van der Waals surface area contributed by atoms with Gasteiger partial charge in [-0.2, -0.15) is 0 Å². The maximum atomic E-state index is 5.55. The summed E-state index contributed by atoms with van der Waals surface area (Å²) in [6.45, 7) is 3.48. The smallest absolute Gasteiger partial charge is 0.123 e. The second kappa shape index (κ2) is 5.92. The molecule has 0 bridgehead atoms. The predicted molar refractivity (Wildman–Crippen MR) is 85.2 cm³/mol. The van der Waals surface area contributed by atoms with Gasteiger partial charge in [0.15, 0.2) is 0 Å². The van der Waals surface area contributed by atoms with Crippen LogP contribution < -0.4 is 9.47 Å². The molecule has 0 N–H and O–H groups in total. The van der Waals surface area contributed by atoms with Crippen LogP contribution in [-0.2, 0) is 6.54 Å². The average molecular weight is 281 g/mol. The fourth-order valence-corrected chi connectivity index (χ4v) is 2.59. The molecule has 0 amide bonds. The van der Waals surface area contributed by atoms with Crippen LogP contribution in [0.3, 0.4) is 0 Å². The third kappa shape index (κ3) is 2.72. The monoisotopic (exact) mass is 281 g/mol. The van der Waals surface area contributed by atoms with Crippen molar-refractivity contribution >= 4 is 10.9 Å². The van der Waals surface area contributed by atoms with Crippen molar-refractivity contribution in [1.29, 1.82) is 0 Å². The van der Waals surface area contributed by atoms with Crippen LogP contribution in [0.25, 0.3) is 10.9 Å². The maximum absolute atomic E-state index is 5.55. The van der Waals surface area contributed by atoms with Gasteiger partial charge in [-0.3, -0.25) is 0 Å².